The summed E-state index contributed by atoms with van der Waals surface area (Å²) in [6.45, 7) is -0.371. The van der Waals surface area contributed by atoms with Crippen molar-refractivity contribution in [1.82, 2.24) is 5.32 Å². The SMILES string of the molecule is O=C(O)CNCC(O)O.[PbH2]. The Bertz CT molecular complexity index is 97.3. The second kappa shape index (κ2) is 7.38. The van der Waals surface area contributed by atoms with E-state index in [4.69, 9.17) is 15.3 Å². The molecule has 5 nitrogen and oxygen atoms in total. The maximum atomic E-state index is 9.76. The second-order valence-corrected chi connectivity index (χ2v) is 1.51. The van der Waals surface area contributed by atoms with Crippen LogP contribution in [0.25, 0.3) is 0 Å². The number of rotatable bonds is 4. The molecule has 2 radical (unpaired) electrons. The Kier molecular flexibility index (Phi) is 9.52. The van der Waals surface area contributed by atoms with E-state index in [-0.39, 0.29) is 40.4 Å². The van der Waals surface area contributed by atoms with Crippen LogP contribution < -0.4 is 5.32 Å². The summed E-state index contributed by atoms with van der Waals surface area (Å²) >= 11 is 0. The van der Waals surface area contributed by atoms with E-state index in [9.17, 15) is 4.79 Å². The summed E-state index contributed by atoms with van der Waals surface area (Å²) in [5, 5.41) is 26.6. The van der Waals surface area contributed by atoms with Crippen LogP contribution in [0.1, 0.15) is 0 Å². The Hall–Kier alpha value is 0.272. The number of aliphatic hydroxyl groups is 2. The van der Waals surface area contributed by atoms with Gasteiger partial charge in [0.15, 0.2) is 6.29 Å². The van der Waals surface area contributed by atoms with E-state index in [1.165, 1.54) is 0 Å². The van der Waals surface area contributed by atoms with Gasteiger partial charge in [-0.3, -0.25) is 4.79 Å². The van der Waals surface area contributed by atoms with E-state index < -0.39 is 12.3 Å². The fraction of sp³-hybridized carbons (Fsp3) is 0.750. The van der Waals surface area contributed by atoms with E-state index in [1.54, 1.807) is 0 Å². The van der Waals surface area contributed by atoms with Gasteiger partial charge in [0.05, 0.1) is 6.54 Å². The van der Waals surface area contributed by atoms with Crippen LogP contribution in [0.4, 0.5) is 0 Å². The van der Waals surface area contributed by atoms with Crippen LogP contribution in [0.3, 0.4) is 0 Å². The summed E-state index contributed by atoms with van der Waals surface area (Å²) < 4.78 is 0. The van der Waals surface area contributed by atoms with Crippen molar-refractivity contribution in [3.8, 4) is 0 Å². The van der Waals surface area contributed by atoms with E-state index in [0.717, 1.165) is 0 Å². The van der Waals surface area contributed by atoms with Crippen LogP contribution in [0.5, 0.6) is 0 Å². The third-order valence-corrected chi connectivity index (χ3v) is 0.603. The molecule has 6 heteroatoms. The number of hydrogen-bond donors (Lipinski definition) is 4. The number of carboxylic acid groups (broad SMARTS) is 1. The molecule has 0 aromatic carbocycles. The van der Waals surface area contributed by atoms with Crippen molar-refractivity contribution >= 4 is 33.3 Å². The molecule has 60 valence electrons. The van der Waals surface area contributed by atoms with Crippen LogP contribution in [-0.4, -0.2) is 68.0 Å². The van der Waals surface area contributed by atoms with Gasteiger partial charge in [-0.05, 0) is 0 Å². The zero-order chi connectivity index (χ0) is 7.28. The molecule has 4 N–H and O–H groups in total. The maximum absolute atomic E-state index is 9.76. The zero-order valence-corrected chi connectivity index (χ0v) is 10.9. The number of nitrogens with one attached hydrogen (secondary N) is 1. The molecule has 0 bridgehead atoms. The topological polar surface area (TPSA) is 89.8 Å². The van der Waals surface area contributed by atoms with Gasteiger partial charge in [-0.15, -0.1) is 0 Å². The zero-order valence-electron chi connectivity index (χ0n) is 5.45. The van der Waals surface area contributed by atoms with Crippen LogP contribution >= 0.6 is 0 Å². The predicted octanol–water partition coefficient (Wildman–Crippen LogP) is -2.94. The summed E-state index contributed by atoms with van der Waals surface area (Å²) in [4.78, 5) is 9.76. The molecule has 0 rings (SSSR count). The number of hydrogen-bond acceptors (Lipinski definition) is 4. The fourth-order valence-electron chi connectivity index (χ4n) is 0.308. The van der Waals surface area contributed by atoms with Gasteiger partial charge in [0, 0.05) is 6.54 Å². The van der Waals surface area contributed by atoms with Gasteiger partial charge in [0.1, 0.15) is 0 Å². The van der Waals surface area contributed by atoms with Crippen LogP contribution in [0.15, 0.2) is 0 Å². The van der Waals surface area contributed by atoms with Crippen LogP contribution in [0, 0.1) is 0 Å². The first kappa shape index (κ1) is 12.9. The van der Waals surface area contributed by atoms with Gasteiger partial charge in [-0.25, -0.2) is 0 Å². The third-order valence-electron chi connectivity index (χ3n) is 0.603. The molecule has 0 heterocycles. The number of carboxylic acids is 1. The Labute approximate surface area is 78.2 Å². The van der Waals surface area contributed by atoms with Crippen molar-refractivity contribution in [2.75, 3.05) is 13.1 Å². The predicted molar refractivity (Wildman–Crippen MR) is 37.3 cm³/mol. The van der Waals surface area contributed by atoms with Crippen LogP contribution in [0.2, 0.25) is 0 Å². The number of aliphatic carboxylic acids is 1. The Morgan fingerprint density at radius 1 is 1.50 bits per heavy atom. The molecular formula is C4H11NO4Pb. The van der Waals surface area contributed by atoms with Gasteiger partial charge in [0.2, 0.25) is 0 Å². The van der Waals surface area contributed by atoms with Crippen LogP contribution in [-0.2, 0) is 4.79 Å². The first-order chi connectivity index (χ1) is 4.13. The normalized spacial score (nSPS) is 9.10. The molecular weight excluding hydrogens is 333 g/mol. The molecule has 0 atom stereocenters. The van der Waals surface area contributed by atoms with E-state index in [0.29, 0.717) is 0 Å². The molecule has 0 aromatic heterocycles. The van der Waals surface area contributed by atoms with E-state index >= 15 is 0 Å². The molecule has 10 heavy (non-hydrogen) atoms. The van der Waals surface area contributed by atoms with Crippen molar-refractivity contribution in [1.29, 1.82) is 0 Å². The minimum absolute atomic E-state index is 0. The van der Waals surface area contributed by atoms with Gasteiger partial charge in [0.25, 0.3) is 0 Å². The molecule has 0 saturated heterocycles. The monoisotopic (exact) mass is 345 g/mol. The Balaban J connectivity index is 0. The first-order valence-electron chi connectivity index (χ1n) is 2.41. The average molecular weight is 344 g/mol. The Morgan fingerprint density at radius 2 is 2.00 bits per heavy atom. The van der Waals surface area contributed by atoms with Crippen molar-refractivity contribution in [3.63, 3.8) is 0 Å². The van der Waals surface area contributed by atoms with E-state index in [1.807, 2.05) is 0 Å². The molecule has 0 aromatic rings. The molecule has 0 saturated carbocycles. The third kappa shape index (κ3) is 11.1. The number of aliphatic hydroxyl groups excluding tert-OH is 1. The van der Waals surface area contributed by atoms with Gasteiger partial charge < -0.3 is 20.6 Å². The summed E-state index contributed by atoms with van der Waals surface area (Å²) in [6, 6.07) is 0. The van der Waals surface area contributed by atoms with Crippen molar-refractivity contribution in [3.05, 3.63) is 0 Å². The molecule has 0 aliphatic rings. The Morgan fingerprint density at radius 3 is 2.30 bits per heavy atom. The average Bonchev–Trinajstić information content (AvgIpc) is 1.63. The molecule has 0 amide bonds. The first-order valence-corrected chi connectivity index (χ1v) is 2.41. The molecule has 0 fully saturated rings. The molecule has 0 spiro atoms. The molecule has 0 aliphatic carbocycles. The van der Waals surface area contributed by atoms with E-state index in [2.05, 4.69) is 5.32 Å². The van der Waals surface area contributed by atoms with Gasteiger partial charge in [-0.2, -0.15) is 0 Å². The molecule has 0 aliphatic heterocycles. The van der Waals surface area contributed by atoms with Gasteiger partial charge >= 0.3 is 33.3 Å². The summed E-state index contributed by atoms with van der Waals surface area (Å²) in [7, 11) is 0. The quantitative estimate of drug-likeness (QED) is 0.324. The number of carbonyl (C=O) groups is 1. The minimum atomic E-state index is -1.48. The second-order valence-electron chi connectivity index (χ2n) is 1.51. The summed E-state index contributed by atoms with van der Waals surface area (Å²) in [5.41, 5.74) is 0. The molecule has 0 unspecified atom stereocenters. The van der Waals surface area contributed by atoms with Crippen molar-refractivity contribution in [2.45, 2.75) is 6.29 Å². The van der Waals surface area contributed by atoms with Crippen molar-refractivity contribution in [2.24, 2.45) is 0 Å². The standard InChI is InChI=1S/C4H9NO4.Pb.2H/c6-3(7)1-5-2-4(8)9;;;/h3,5-7H,1-2H2,(H,8,9);;;. The van der Waals surface area contributed by atoms with Crippen molar-refractivity contribution < 1.29 is 20.1 Å². The summed E-state index contributed by atoms with van der Waals surface area (Å²) in [5.74, 6) is -1.02. The summed E-state index contributed by atoms with van der Waals surface area (Å²) in [6.07, 6.45) is -1.48. The van der Waals surface area contributed by atoms with Gasteiger partial charge in [-0.1, -0.05) is 0 Å². The fourth-order valence-corrected chi connectivity index (χ4v) is 0.308.